The molecule has 0 saturated carbocycles. The van der Waals surface area contributed by atoms with Gasteiger partial charge in [0, 0.05) is 30.6 Å². The van der Waals surface area contributed by atoms with Gasteiger partial charge in [-0.1, -0.05) is 25.5 Å². The maximum Gasteiger partial charge on any atom is 0.251 e. The van der Waals surface area contributed by atoms with Gasteiger partial charge in [0.1, 0.15) is 12.4 Å². The van der Waals surface area contributed by atoms with Crippen molar-refractivity contribution in [2.45, 2.75) is 26.2 Å². The summed E-state index contributed by atoms with van der Waals surface area (Å²) >= 11 is 0. The largest absolute Gasteiger partial charge is 0.491 e. The van der Waals surface area contributed by atoms with Gasteiger partial charge < -0.3 is 20.1 Å². The first-order valence-corrected chi connectivity index (χ1v) is 10.2. The summed E-state index contributed by atoms with van der Waals surface area (Å²) in [7, 11) is 0. The molecule has 2 aromatic rings. The Labute approximate surface area is 171 Å². The third kappa shape index (κ3) is 6.06. The van der Waals surface area contributed by atoms with Crippen molar-refractivity contribution in [2.75, 3.05) is 32.9 Å². The lowest BCUT2D eigenvalue weighted by molar-refractivity contribution is 0.0865. The van der Waals surface area contributed by atoms with Crippen LogP contribution in [0.4, 0.5) is 0 Å². The summed E-state index contributed by atoms with van der Waals surface area (Å²) in [4.78, 5) is 24.8. The molecule has 0 aliphatic carbocycles. The van der Waals surface area contributed by atoms with Crippen molar-refractivity contribution < 1.29 is 19.1 Å². The van der Waals surface area contributed by atoms with E-state index < -0.39 is 0 Å². The molecule has 3 rings (SSSR count). The van der Waals surface area contributed by atoms with Crippen LogP contribution in [0.15, 0.2) is 42.5 Å². The third-order valence-electron chi connectivity index (χ3n) is 4.74. The first-order valence-electron chi connectivity index (χ1n) is 10.2. The van der Waals surface area contributed by atoms with Crippen molar-refractivity contribution in [2.24, 2.45) is 0 Å². The summed E-state index contributed by atoms with van der Waals surface area (Å²) in [6, 6.07) is 13.0. The number of rotatable bonds is 4. The lowest BCUT2D eigenvalue weighted by Gasteiger charge is -2.15. The number of hydrogen-bond acceptors (Lipinski definition) is 4. The van der Waals surface area contributed by atoms with Crippen LogP contribution in [0.2, 0.25) is 0 Å². The zero-order valence-electron chi connectivity index (χ0n) is 16.8. The Kier molecular flexibility index (Phi) is 7.64. The fourth-order valence-corrected chi connectivity index (χ4v) is 3.17. The molecule has 0 fully saturated rings. The van der Waals surface area contributed by atoms with Gasteiger partial charge in [0.2, 0.25) is 0 Å². The number of unbranched alkanes of at least 4 members (excludes halogenated alkanes) is 1. The quantitative estimate of drug-likeness (QED) is 0.779. The maximum absolute atomic E-state index is 12.5. The van der Waals surface area contributed by atoms with E-state index in [1.54, 1.807) is 12.1 Å². The SMILES string of the molecule is CCCCNC(=O)c1ccc2c(c1)Cc1cccc(c1)C(=O)NCCOCCO2. The van der Waals surface area contributed by atoms with Crippen LogP contribution in [0.1, 0.15) is 51.6 Å². The molecule has 0 radical (unpaired) electrons. The molecule has 0 atom stereocenters. The lowest BCUT2D eigenvalue weighted by atomic mass is 9.99. The smallest absolute Gasteiger partial charge is 0.251 e. The molecule has 29 heavy (non-hydrogen) atoms. The van der Waals surface area contributed by atoms with Gasteiger partial charge in [0.25, 0.3) is 11.8 Å². The molecule has 2 N–H and O–H groups in total. The number of hydrogen-bond donors (Lipinski definition) is 2. The summed E-state index contributed by atoms with van der Waals surface area (Å²) in [5.74, 6) is 0.524. The molecule has 0 unspecified atom stereocenters. The van der Waals surface area contributed by atoms with E-state index in [-0.39, 0.29) is 11.8 Å². The molecule has 0 aromatic heterocycles. The molecule has 2 amide bonds. The van der Waals surface area contributed by atoms with Crippen molar-refractivity contribution >= 4 is 11.8 Å². The van der Waals surface area contributed by atoms with Crippen LogP contribution in [-0.2, 0) is 11.2 Å². The van der Waals surface area contributed by atoms with E-state index in [1.165, 1.54) is 0 Å². The molecule has 1 heterocycles. The number of carbonyl (C=O) groups is 2. The standard InChI is InChI=1S/C23H28N2O4/c1-2-3-9-24-23(27)19-7-8-21-20(16-19)15-17-5-4-6-18(14-17)22(26)25-10-11-28-12-13-29-21/h4-8,14,16H,2-3,9-13,15H2,1H3,(H,24,27)(H,25,26). The third-order valence-corrected chi connectivity index (χ3v) is 4.74. The Morgan fingerprint density at radius 2 is 2.03 bits per heavy atom. The van der Waals surface area contributed by atoms with Gasteiger partial charge in [0.05, 0.1) is 13.2 Å². The predicted octanol–water partition coefficient (Wildman–Crippen LogP) is 2.95. The molecule has 154 valence electrons. The van der Waals surface area contributed by atoms with Crippen molar-refractivity contribution in [3.63, 3.8) is 0 Å². The lowest BCUT2D eigenvalue weighted by Crippen LogP contribution is -2.28. The summed E-state index contributed by atoms with van der Waals surface area (Å²) in [6.45, 7) is 4.47. The highest BCUT2D eigenvalue weighted by Crippen LogP contribution is 2.24. The van der Waals surface area contributed by atoms with Gasteiger partial charge in [-0.2, -0.15) is 0 Å². The van der Waals surface area contributed by atoms with E-state index in [0.29, 0.717) is 50.5 Å². The van der Waals surface area contributed by atoms with Crippen molar-refractivity contribution in [3.8, 4) is 5.75 Å². The van der Waals surface area contributed by atoms with Gasteiger partial charge >= 0.3 is 0 Å². The van der Waals surface area contributed by atoms with Crippen LogP contribution >= 0.6 is 0 Å². The number of fused-ring (bicyclic) bond motifs is 3. The highest BCUT2D eigenvalue weighted by atomic mass is 16.5. The maximum atomic E-state index is 12.5. The van der Waals surface area contributed by atoms with Gasteiger partial charge in [0.15, 0.2) is 0 Å². The molecular weight excluding hydrogens is 368 g/mol. The number of ether oxygens (including phenoxy) is 2. The molecule has 0 spiro atoms. The second kappa shape index (κ2) is 10.6. The second-order valence-electron chi connectivity index (χ2n) is 7.03. The van der Waals surface area contributed by atoms with Crippen molar-refractivity contribution in [1.29, 1.82) is 0 Å². The van der Waals surface area contributed by atoms with Crippen LogP contribution in [0.5, 0.6) is 5.75 Å². The average molecular weight is 396 g/mol. The minimum Gasteiger partial charge on any atom is -0.491 e. The summed E-state index contributed by atoms with van der Waals surface area (Å²) < 4.78 is 11.4. The first-order chi connectivity index (χ1) is 14.2. The number of carbonyl (C=O) groups excluding carboxylic acids is 2. The van der Waals surface area contributed by atoms with E-state index in [0.717, 1.165) is 29.7 Å². The molecule has 1 aliphatic rings. The molecule has 2 bridgehead atoms. The average Bonchev–Trinajstić information content (AvgIpc) is 2.73. The zero-order valence-corrected chi connectivity index (χ0v) is 16.8. The Balaban J connectivity index is 1.87. The molecule has 2 aromatic carbocycles. The summed E-state index contributed by atoms with van der Waals surface area (Å²) in [6.07, 6.45) is 2.55. The van der Waals surface area contributed by atoms with Crippen LogP contribution in [0.25, 0.3) is 0 Å². The van der Waals surface area contributed by atoms with Gasteiger partial charge in [-0.3, -0.25) is 9.59 Å². The Morgan fingerprint density at radius 1 is 1.14 bits per heavy atom. The van der Waals surface area contributed by atoms with Gasteiger partial charge in [-0.05, 0) is 47.9 Å². The Hall–Kier alpha value is -2.86. The van der Waals surface area contributed by atoms with E-state index in [4.69, 9.17) is 9.47 Å². The van der Waals surface area contributed by atoms with E-state index in [1.807, 2.05) is 30.3 Å². The van der Waals surface area contributed by atoms with E-state index in [2.05, 4.69) is 17.6 Å². The van der Waals surface area contributed by atoms with E-state index in [9.17, 15) is 9.59 Å². The Morgan fingerprint density at radius 3 is 2.90 bits per heavy atom. The van der Waals surface area contributed by atoms with Gasteiger partial charge in [-0.25, -0.2) is 0 Å². The van der Waals surface area contributed by atoms with Crippen LogP contribution in [-0.4, -0.2) is 44.7 Å². The van der Waals surface area contributed by atoms with Crippen LogP contribution in [0, 0.1) is 0 Å². The van der Waals surface area contributed by atoms with Crippen molar-refractivity contribution in [1.82, 2.24) is 10.6 Å². The molecule has 0 saturated heterocycles. The highest BCUT2D eigenvalue weighted by Gasteiger charge is 2.13. The van der Waals surface area contributed by atoms with E-state index >= 15 is 0 Å². The van der Waals surface area contributed by atoms with Crippen molar-refractivity contribution in [3.05, 3.63) is 64.7 Å². The summed E-state index contributed by atoms with van der Waals surface area (Å²) in [5, 5.41) is 5.80. The fraction of sp³-hybridized carbons (Fsp3) is 0.391. The molecular formula is C23H28N2O4. The normalized spacial score (nSPS) is 14.7. The van der Waals surface area contributed by atoms with Crippen LogP contribution in [0.3, 0.4) is 0 Å². The first kappa shape index (κ1) is 20.9. The van der Waals surface area contributed by atoms with Gasteiger partial charge in [-0.15, -0.1) is 0 Å². The monoisotopic (exact) mass is 396 g/mol. The fourth-order valence-electron chi connectivity index (χ4n) is 3.17. The molecule has 6 heteroatoms. The minimum atomic E-state index is -0.118. The topological polar surface area (TPSA) is 76.7 Å². The Bertz CT molecular complexity index is 851. The number of amides is 2. The highest BCUT2D eigenvalue weighted by molar-refractivity contribution is 5.95. The molecule has 1 aliphatic heterocycles. The number of nitrogens with one attached hydrogen (secondary N) is 2. The van der Waals surface area contributed by atoms with Crippen LogP contribution < -0.4 is 15.4 Å². The minimum absolute atomic E-state index is 0.0860. The number of benzene rings is 2. The zero-order chi connectivity index (χ0) is 20.5. The summed E-state index contributed by atoms with van der Waals surface area (Å²) in [5.41, 5.74) is 3.10. The predicted molar refractivity (Wildman–Crippen MR) is 112 cm³/mol. The molecule has 6 nitrogen and oxygen atoms in total. The second-order valence-corrected chi connectivity index (χ2v) is 7.03.